The number of fused-ring (bicyclic) bond motifs is 5. The standard InChI is InChI=1S/C30H31FN4O6/c1-3-30(39)18-10-22-25-16(12-35(22)26(36)17(18)13-41-28(30)38)24-20(34-27(37)29(32)6-8-40-9-7-29)5-4-15-14(2)19(31)11-21(33-25)23(15)24/h10-11,20,39H,3-9,12-13,32H2,1-2H3,(H,34,37)/t20-,30-/m1/s1. The molecule has 1 amide bonds. The minimum atomic E-state index is -1.96. The zero-order valence-corrected chi connectivity index (χ0v) is 22.9. The average Bonchev–Trinajstić information content (AvgIpc) is 3.33. The lowest BCUT2D eigenvalue weighted by molar-refractivity contribution is -0.172. The molecule has 4 N–H and O–H groups in total. The van der Waals surface area contributed by atoms with Crippen molar-refractivity contribution in [2.45, 2.75) is 76.3 Å². The van der Waals surface area contributed by atoms with Gasteiger partial charge in [0.2, 0.25) is 5.91 Å². The van der Waals surface area contributed by atoms with Crippen LogP contribution in [0.25, 0.3) is 22.3 Å². The first-order valence-electron chi connectivity index (χ1n) is 14.1. The smallest absolute Gasteiger partial charge is 0.343 e. The van der Waals surface area contributed by atoms with Crippen molar-refractivity contribution in [2.24, 2.45) is 5.73 Å². The number of benzene rings is 1. The number of aromatic nitrogens is 2. The van der Waals surface area contributed by atoms with Crippen molar-refractivity contribution in [3.8, 4) is 11.4 Å². The van der Waals surface area contributed by atoms with E-state index in [9.17, 15) is 19.5 Å². The molecule has 41 heavy (non-hydrogen) atoms. The Bertz CT molecular complexity index is 1740. The number of cyclic esters (lactones) is 1. The van der Waals surface area contributed by atoms with Crippen LogP contribution in [0, 0.1) is 12.7 Å². The van der Waals surface area contributed by atoms with E-state index in [-0.39, 0.29) is 48.0 Å². The van der Waals surface area contributed by atoms with Crippen LogP contribution >= 0.6 is 0 Å². The fraction of sp³-hybridized carbons (Fsp3) is 0.467. The number of pyridine rings is 2. The number of nitrogens with one attached hydrogen (secondary N) is 1. The molecule has 1 fully saturated rings. The summed E-state index contributed by atoms with van der Waals surface area (Å²) < 4.78 is 27.3. The van der Waals surface area contributed by atoms with Gasteiger partial charge in [0.05, 0.1) is 40.6 Å². The molecule has 0 spiro atoms. The van der Waals surface area contributed by atoms with Gasteiger partial charge in [0, 0.05) is 35.8 Å². The van der Waals surface area contributed by atoms with Crippen LogP contribution in [0.4, 0.5) is 4.39 Å². The van der Waals surface area contributed by atoms with Gasteiger partial charge >= 0.3 is 5.97 Å². The van der Waals surface area contributed by atoms with E-state index in [2.05, 4.69) is 5.32 Å². The second kappa shape index (κ2) is 8.91. The summed E-state index contributed by atoms with van der Waals surface area (Å²) in [5.41, 5.74) is 7.81. The first-order valence-corrected chi connectivity index (χ1v) is 14.1. The first kappa shape index (κ1) is 26.2. The van der Waals surface area contributed by atoms with Gasteiger partial charge in [-0.1, -0.05) is 6.92 Å². The van der Waals surface area contributed by atoms with E-state index in [0.717, 1.165) is 22.1 Å². The number of halogens is 1. The largest absolute Gasteiger partial charge is 0.458 e. The Morgan fingerprint density at radius 3 is 2.73 bits per heavy atom. The number of esters is 1. The molecule has 2 atom stereocenters. The summed E-state index contributed by atoms with van der Waals surface area (Å²) >= 11 is 0. The lowest BCUT2D eigenvalue weighted by Gasteiger charge is -2.35. The molecule has 7 rings (SSSR count). The molecule has 0 saturated carbocycles. The highest BCUT2D eigenvalue weighted by atomic mass is 19.1. The molecule has 0 bridgehead atoms. The summed E-state index contributed by atoms with van der Waals surface area (Å²) in [5, 5.41) is 15.2. The second-order valence-corrected chi connectivity index (χ2v) is 11.6. The van der Waals surface area contributed by atoms with Gasteiger partial charge in [-0.3, -0.25) is 9.59 Å². The minimum absolute atomic E-state index is 0.0266. The van der Waals surface area contributed by atoms with E-state index in [1.54, 1.807) is 24.5 Å². The average molecular weight is 563 g/mol. The van der Waals surface area contributed by atoms with Crippen LogP contribution in [0.2, 0.25) is 0 Å². The normalized spacial score (nSPS) is 23.9. The summed E-state index contributed by atoms with van der Waals surface area (Å²) in [6.45, 7) is 4.15. The highest BCUT2D eigenvalue weighted by molar-refractivity contribution is 5.94. The quantitative estimate of drug-likeness (QED) is 0.322. The second-order valence-electron chi connectivity index (χ2n) is 11.6. The summed E-state index contributed by atoms with van der Waals surface area (Å²) in [5.74, 6) is -1.44. The van der Waals surface area contributed by atoms with Crippen molar-refractivity contribution >= 4 is 22.8 Å². The van der Waals surface area contributed by atoms with Crippen molar-refractivity contribution in [1.82, 2.24) is 14.9 Å². The van der Waals surface area contributed by atoms with Crippen molar-refractivity contribution in [1.29, 1.82) is 0 Å². The molecule has 0 unspecified atom stereocenters. The third-order valence-corrected chi connectivity index (χ3v) is 9.52. The van der Waals surface area contributed by atoms with Gasteiger partial charge < -0.3 is 30.2 Å². The molecule has 3 aromatic rings. The fourth-order valence-electron chi connectivity index (χ4n) is 6.96. The summed E-state index contributed by atoms with van der Waals surface area (Å²) in [6.07, 6.45) is 1.91. The SMILES string of the molecule is CC[C@]1(O)C(=O)OCc2c1cc1n(c2=O)Cc2c-1nc1cc(F)c(C)c3c1c2[C@H](NC(=O)C1(N)CCOCC1)CC3. The predicted molar refractivity (Wildman–Crippen MR) is 145 cm³/mol. The number of rotatable bonds is 3. The van der Waals surface area contributed by atoms with Crippen molar-refractivity contribution in [3.63, 3.8) is 0 Å². The number of carbonyl (C=O) groups excluding carboxylic acids is 2. The maximum absolute atomic E-state index is 15.1. The van der Waals surface area contributed by atoms with Gasteiger partial charge in [0.1, 0.15) is 12.4 Å². The molecule has 3 aliphatic heterocycles. The van der Waals surface area contributed by atoms with E-state index in [1.165, 1.54) is 6.07 Å². The molecular weight excluding hydrogens is 531 g/mol. The molecule has 214 valence electrons. The van der Waals surface area contributed by atoms with Gasteiger partial charge in [-0.15, -0.1) is 0 Å². The van der Waals surface area contributed by atoms with Crippen molar-refractivity contribution in [2.75, 3.05) is 13.2 Å². The zero-order chi connectivity index (χ0) is 28.8. The van der Waals surface area contributed by atoms with Crippen LogP contribution in [0.5, 0.6) is 0 Å². The number of nitrogens with two attached hydrogens (primary N) is 1. The number of aliphatic hydroxyl groups is 1. The van der Waals surface area contributed by atoms with Crippen LogP contribution in [0.15, 0.2) is 16.9 Å². The molecule has 10 nitrogen and oxygen atoms in total. The molecule has 0 radical (unpaired) electrons. The van der Waals surface area contributed by atoms with Crippen LogP contribution in [-0.4, -0.2) is 45.3 Å². The molecule has 1 saturated heterocycles. The maximum Gasteiger partial charge on any atom is 0.343 e. The van der Waals surface area contributed by atoms with E-state index in [4.69, 9.17) is 20.2 Å². The monoisotopic (exact) mass is 562 g/mol. The number of nitrogens with zero attached hydrogens (tertiary/aromatic N) is 2. The van der Waals surface area contributed by atoms with E-state index >= 15 is 4.39 Å². The van der Waals surface area contributed by atoms with E-state index < -0.39 is 23.2 Å². The fourth-order valence-corrected chi connectivity index (χ4v) is 6.96. The first-order chi connectivity index (χ1) is 19.6. The molecular formula is C30H31FN4O6. The lowest BCUT2D eigenvalue weighted by atomic mass is 9.81. The Balaban J connectivity index is 1.44. The van der Waals surface area contributed by atoms with E-state index in [1.807, 2.05) is 0 Å². The van der Waals surface area contributed by atoms with Crippen LogP contribution in [0.1, 0.15) is 72.0 Å². The summed E-state index contributed by atoms with van der Waals surface area (Å²) in [6, 6.07) is 2.60. The number of hydrogen-bond donors (Lipinski definition) is 3. The maximum atomic E-state index is 15.1. The molecule has 1 aromatic carbocycles. The number of aryl methyl sites for hydroxylation is 1. The number of carbonyl (C=O) groups is 2. The number of hydrogen-bond acceptors (Lipinski definition) is 8. The molecule has 2 aromatic heterocycles. The summed E-state index contributed by atoms with van der Waals surface area (Å²) in [4.78, 5) is 44.7. The van der Waals surface area contributed by atoms with Gasteiger partial charge in [-0.2, -0.15) is 0 Å². The highest BCUT2D eigenvalue weighted by Crippen LogP contribution is 2.46. The van der Waals surface area contributed by atoms with Crippen LogP contribution in [-0.2, 0) is 44.2 Å². The molecule has 5 heterocycles. The Labute approximate surface area is 234 Å². The van der Waals surface area contributed by atoms with Gasteiger partial charge in [0.25, 0.3) is 5.56 Å². The van der Waals surface area contributed by atoms with Crippen LogP contribution in [0.3, 0.4) is 0 Å². The van der Waals surface area contributed by atoms with E-state index in [0.29, 0.717) is 61.4 Å². The summed E-state index contributed by atoms with van der Waals surface area (Å²) in [7, 11) is 0. The highest BCUT2D eigenvalue weighted by Gasteiger charge is 2.46. The predicted octanol–water partition coefficient (Wildman–Crippen LogP) is 2.14. The topological polar surface area (TPSA) is 146 Å². The van der Waals surface area contributed by atoms with Gasteiger partial charge in [-0.25, -0.2) is 14.2 Å². The van der Waals surface area contributed by atoms with Gasteiger partial charge in [0.15, 0.2) is 5.60 Å². The third kappa shape index (κ3) is 3.58. The third-order valence-electron chi connectivity index (χ3n) is 9.52. The van der Waals surface area contributed by atoms with Crippen molar-refractivity contribution in [3.05, 3.63) is 61.7 Å². The van der Waals surface area contributed by atoms with Gasteiger partial charge in [-0.05, 0) is 61.8 Å². The lowest BCUT2D eigenvalue weighted by Crippen LogP contribution is -2.57. The number of amides is 1. The van der Waals surface area contributed by atoms with Crippen molar-refractivity contribution < 1.29 is 28.6 Å². The van der Waals surface area contributed by atoms with Crippen LogP contribution < -0.4 is 16.6 Å². The number of ether oxygens (including phenoxy) is 2. The zero-order valence-electron chi connectivity index (χ0n) is 22.9. The molecule has 1 aliphatic carbocycles. The molecule has 11 heteroatoms. The Kier molecular flexibility index (Phi) is 5.70. The Morgan fingerprint density at radius 2 is 2.00 bits per heavy atom. The Hall–Kier alpha value is -3.67. The molecule has 4 aliphatic rings. The Morgan fingerprint density at radius 1 is 1.24 bits per heavy atom. The minimum Gasteiger partial charge on any atom is -0.458 e.